The first-order valence-electron chi connectivity index (χ1n) is 7.07. The van der Waals surface area contributed by atoms with E-state index >= 15 is 0 Å². The molecule has 0 atom stereocenters. The molecule has 0 spiro atoms. The lowest BCUT2D eigenvalue weighted by molar-refractivity contribution is 0.0753. The number of hydrogen-bond acceptors (Lipinski definition) is 3. The SMILES string of the molecule is COc1cccc(F)c1C(=O)N1CCCN(CCCl)CC1. The number of methoxy groups -OCH3 is 1. The molecule has 1 amide bonds. The molecule has 1 aliphatic heterocycles. The van der Waals surface area contributed by atoms with Gasteiger partial charge in [-0.05, 0) is 25.1 Å². The average molecular weight is 315 g/mol. The van der Waals surface area contributed by atoms with E-state index in [-0.39, 0.29) is 17.2 Å². The van der Waals surface area contributed by atoms with E-state index in [9.17, 15) is 9.18 Å². The van der Waals surface area contributed by atoms with Crippen LogP contribution in [0.1, 0.15) is 16.8 Å². The van der Waals surface area contributed by atoms with Crippen molar-refractivity contribution in [2.75, 3.05) is 45.7 Å². The Balaban J connectivity index is 2.13. The molecule has 0 aromatic heterocycles. The molecule has 1 aliphatic rings. The van der Waals surface area contributed by atoms with Gasteiger partial charge in [0.15, 0.2) is 0 Å². The molecule has 0 saturated carbocycles. The summed E-state index contributed by atoms with van der Waals surface area (Å²) >= 11 is 5.76. The minimum absolute atomic E-state index is 0.0193. The molecule has 1 fully saturated rings. The molecule has 116 valence electrons. The lowest BCUT2D eigenvalue weighted by atomic mass is 10.1. The van der Waals surface area contributed by atoms with Crippen LogP contribution in [0.5, 0.6) is 5.75 Å². The monoisotopic (exact) mass is 314 g/mol. The highest BCUT2D eigenvalue weighted by molar-refractivity contribution is 6.18. The van der Waals surface area contributed by atoms with E-state index in [1.807, 2.05) is 0 Å². The fourth-order valence-corrected chi connectivity index (χ4v) is 2.80. The number of benzene rings is 1. The summed E-state index contributed by atoms with van der Waals surface area (Å²) in [6, 6.07) is 4.43. The van der Waals surface area contributed by atoms with Crippen LogP contribution in [0.15, 0.2) is 18.2 Å². The second-order valence-electron chi connectivity index (χ2n) is 4.99. The molecular formula is C15H20ClFN2O2. The van der Waals surface area contributed by atoms with Gasteiger partial charge < -0.3 is 14.5 Å². The van der Waals surface area contributed by atoms with E-state index in [1.165, 1.54) is 19.2 Å². The zero-order valence-corrected chi connectivity index (χ0v) is 12.9. The molecule has 0 bridgehead atoms. The third kappa shape index (κ3) is 3.86. The van der Waals surface area contributed by atoms with Crippen LogP contribution in [-0.4, -0.2) is 61.4 Å². The van der Waals surface area contributed by atoms with Crippen LogP contribution < -0.4 is 4.74 Å². The Kier molecular flexibility index (Phi) is 5.82. The molecule has 21 heavy (non-hydrogen) atoms. The molecule has 1 heterocycles. The van der Waals surface area contributed by atoms with Gasteiger partial charge in [0.05, 0.1) is 7.11 Å². The quantitative estimate of drug-likeness (QED) is 0.799. The number of carbonyl (C=O) groups is 1. The minimum Gasteiger partial charge on any atom is -0.496 e. The maximum Gasteiger partial charge on any atom is 0.260 e. The van der Waals surface area contributed by atoms with Gasteiger partial charge in [0.25, 0.3) is 5.91 Å². The summed E-state index contributed by atoms with van der Waals surface area (Å²) in [6.45, 7) is 3.68. The van der Waals surface area contributed by atoms with Crippen molar-refractivity contribution in [3.63, 3.8) is 0 Å². The van der Waals surface area contributed by atoms with Gasteiger partial charge in [-0.15, -0.1) is 11.6 Å². The van der Waals surface area contributed by atoms with Crippen LogP contribution in [0.2, 0.25) is 0 Å². The highest BCUT2D eigenvalue weighted by atomic mass is 35.5. The van der Waals surface area contributed by atoms with Crippen molar-refractivity contribution >= 4 is 17.5 Å². The Hall–Kier alpha value is -1.33. The second kappa shape index (κ2) is 7.61. The van der Waals surface area contributed by atoms with Crippen molar-refractivity contribution < 1.29 is 13.9 Å². The van der Waals surface area contributed by atoms with Crippen LogP contribution in [0, 0.1) is 5.82 Å². The van der Waals surface area contributed by atoms with Gasteiger partial charge >= 0.3 is 0 Å². The van der Waals surface area contributed by atoms with Gasteiger partial charge in [0, 0.05) is 32.1 Å². The lowest BCUT2D eigenvalue weighted by Crippen LogP contribution is -2.36. The molecule has 0 aliphatic carbocycles. The topological polar surface area (TPSA) is 32.8 Å². The van der Waals surface area contributed by atoms with Crippen molar-refractivity contribution in [3.05, 3.63) is 29.6 Å². The van der Waals surface area contributed by atoms with Gasteiger partial charge in [-0.3, -0.25) is 4.79 Å². The van der Waals surface area contributed by atoms with Crippen LogP contribution >= 0.6 is 11.6 Å². The predicted octanol–water partition coefficient (Wildman–Crippen LogP) is 2.22. The Morgan fingerprint density at radius 3 is 2.86 bits per heavy atom. The standard InChI is InChI=1S/C15H20ClFN2O2/c1-21-13-5-2-4-12(17)14(13)15(20)19-8-3-7-18(9-6-16)10-11-19/h2,4-5H,3,6-11H2,1H3. The Morgan fingerprint density at radius 1 is 1.33 bits per heavy atom. The number of rotatable bonds is 4. The molecule has 1 aromatic carbocycles. The Labute approximate surface area is 129 Å². The summed E-state index contributed by atoms with van der Waals surface area (Å²) in [6.07, 6.45) is 0.861. The fraction of sp³-hybridized carbons (Fsp3) is 0.533. The predicted molar refractivity (Wildman–Crippen MR) is 80.6 cm³/mol. The fourth-order valence-electron chi connectivity index (χ4n) is 2.56. The van der Waals surface area contributed by atoms with E-state index in [0.29, 0.717) is 19.0 Å². The smallest absolute Gasteiger partial charge is 0.260 e. The average Bonchev–Trinajstić information content (AvgIpc) is 2.72. The van der Waals surface area contributed by atoms with E-state index in [1.54, 1.807) is 11.0 Å². The number of carbonyl (C=O) groups excluding carboxylic acids is 1. The zero-order chi connectivity index (χ0) is 15.2. The van der Waals surface area contributed by atoms with Crippen molar-refractivity contribution in [2.45, 2.75) is 6.42 Å². The highest BCUT2D eigenvalue weighted by Gasteiger charge is 2.25. The van der Waals surface area contributed by atoms with Gasteiger partial charge in [-0.2, -0.15) is 0 Å². The van der Waals surface area contributed by atoms with Crippen LogP contribution in [0.25, 0.3) is 0 Å². The molecule has 1 aromatic rings. The molecule has 0 N–H and O–H groups in total. The van der Waals surface area contributed by atoms with E-state index in [2.05, 4.69) is 4.90 Å². The number of ether oxygens (including phenoxy) is 1. The Morgan fingerprint density at radius 2 is 2.14 bits per heavy atom. The largest absolute Gasteiger partial charge is 0.496 e. The van der Waals surface area contributed by atoms with Gasteiger partial charge in [-0.1, -0.05) is 6.07 Å². The number of nitrogens with zero attached hydrogens (tertiary/aromatic N) is 2. The summed E-state index contributed by atoms with van der Waals surface area (Å²) < 4.78 is 19.1. The van der Waals surface area contributed by atoms with Crippen molar-refractivity contribution in [1.82, 2.24) is 9.80 Å². The Bertz CT molecular complexity index is 499. The molecule has 4 nitrogen and oxygen atoms in total. The number of amides is 1. The van der Waals surface area contributed by atoms with Gasteiger partial charge in [-0.25, -0.2) is 4.39 Å². The lowest BCUT2D eigenvalue weighted by Gasteiger charge is -2.22. The molecule has 0 unspecified atom stereocenters. The maximum absolute atomic E-state index is 14.0. The second-order valence-corrected chi connectivity index (χ2v) is 5.37. The van der Waals surface area contributed by atoms with Gasteiger partial charge in [0.1, 0.15) is 17.1 Å². The van der Waals surface area contributed by atoms with E-state index in [0.717, 1.165) is 26.1 Å². The van der Waals surface area contributed by atoms with Crippen molar-refractivity contribution in [2.24, 2.45) is 0 Å². The van der Waals surface area contributed by atoms with Crippen molar-refractivity contribution in [1.29, 1.82) is 0 Å². The summed E-state index contributed by atoms with van der Waals surface area (Å²) in [7, 11) is 1.44. The van der Waals surface area contributed by atoms with Gasteiger partial charge in [0.2, 0.25) is 0 Å². The summed E-state index contributed by atoms with van der Waals surface area (Å²) in [5.41, 5.74) is 0.0193. The third-order valence-electron chi connectivity index (χ3n) is 3.69. The first-order valence-corrected chi connectivity index (χ1v) is 7.61. The number of hydrogen-bond donors (Lipinski definition) is 0. The third-order valence-corrected chi connectivity index (χ3v) is 3.85. The summed E-state index contributed by atoms with van der Waals surface area (Å²) in [4.78, 5) is 16.5. The van der Waals surface area contributed by atoms with E-state index in [4.69, 9.17) is 16.3 Å². The number of halogens is 2. The molecule has 0 radical (unpaired) electrons. The zero-order valence-electron chi connectivity index (χ0n) is 12.1. The highest BCUT2D eigenvalue weighted by Crippen LogP contribution is 2.23. The van der Waals surface area contributed by atoms with Crippen LogP contribution in [0.4, 0.5) is 4.39 Å². The van der Waals surface area contributed by atoms with Crippen molar-refractivity contribution in [3.8, 4) is 5.75 Å². The van der Waals surface area contributed by atoms with Crippen LogP contribution in [-0.2, 0) is 0 Å². The molecule has 2 rings (SSSR count). The maximum atomic E-state index is 14.0. The normalized spacial score (nSPS) is 16.6. The van der Waals surface area contributed by atoms with E-state index < -0.39 is 5.82 Å². The molecule has 1 saturated heterocycles. The molecular weight excluding hydrogens is 295 g/mol. The van der Waals surface area contributed by atoms with Crippen LogP contribution in [0.3, 0.4) is 0 Å². The first kappa shape index (κ1) is 16.0. The summed E-state index contributed by atoms with van der Waals surface area (Å²) in [5.74, 6) is 0.00970. The first-order chi connectivity index (χ1) is 10.2. The minimum atomic E-state index is -0.541. The summed E-state index contributed by atoms with van der Waals surface area (Å²) in [5, 5.41) is 0. The number of alkyl halides is 1. The molecule has 6 heteroatoms.